The second kappa shape index (κ2) is 11.9. The molecule has 31 heavy (non-hydrogen) atoms. The van der Waals surface area contributed by atoms with Crippen LogP contribution in [0.1, 0.15) is 24.5 Å². The van der Waals surface area contributed by atoms with Gasteiger partial charge in [0.1, 0.15) is 6.07 Å². The molecule has 0 N–H and O–H groups in total. The van der Waals surface area contributed by atoms with Gasteiger partial charge in [0, 0.05) is 28.6 Å². The van der Waals surface area contributed by atoms with Gasteiger partial charge in [-0.05, 0) is 47.4 Å². The van der Waals surface area contributed by atoms with E-state index in [1.807, 2.05) is 49.4 Å². The van der Waals surface area contributed by atoms with Crippen LogP contribution in [-0.2, 0) is 9.53 Å². The number of rotatable bonds is 9. The van der Waals surface area contributed by atoms with Crippen molar-refractivity contribution in [2.75, 3.05) is 7.11 Å². The Labute approximate surface area is 198 Å². The van der Waals surface area contributed by atoms with Crippen LogP contribution in [0, 0.1) is 17.2 Å². The summed E-state index contributed by atoms with van der Waals surface area (Å²) >= 11 is 18.0. The van der Waals surface area contributed by atoms with Crippen molar-refractivity contribution in [2.24, 2.45) is 5.92 Å². The lowest BCUT2D eigenvalue weighted by Gasteiger charge is -2.20. The highest BCUT2D eigenvalue weighted by atomic mass is 35.5. The van der Waals surface area contributed by atoms with E-state index in [-0.39, 0.29) is 12.3 Å². The zero-order valence-electron chi connectivity index (χ0n) is 17.2. The van der Waals surface area contributed by atoms with Gasteiger partial charge in [0.25, 0.3) is 0 Å². The fraction of sp³-hybridized carbons (Fsp3) is 0.200. The molecule has 0 aliphatic heterocycles. The average molecular weight is 475 g/mol. The van der Waals surface area contributed by atoms with Crippen molar-refractivity contribution >= 4 is 52.7 Å². The fourth-order valence-electron chi connectivity index (χ4n) is 2.70. The number of carbonyl (C=O) groups excluding carboxylic acids is 1. The average Bonchev–Trinajstić information content (AvgIpc) is 2.76. The van der Waals surface area contributed by atoms with E-state index >= 15 is 0 Å². The van der Waals surface area contributed by atoms with Gasteiger partial charge < -0.3 is 4.74 Å². The van der Waals surface area contributed by atoms with Crippen LogP contribution in [0.4, 0.5) is 0 Å². The Balaban J connectivity index is 2.05. The number of allylic oxidation sites excluding steroid dienone is 2. The number of hydrogen-bond donors (Lipinski definition) is 0. The number of hydrogen-bond acceptors (Lipinski definition) is 3. The van der Waals surface area contributed by atoms with Gasteiger partial charge in [-0.1, -0.05) is 90.3 Å². The smallest absolute Gasteiger partial charge is 0.219 e. The van der Waals surface area contributed by atoms with Crippen molar-refractivity contribution in [1.29, 1.82) is 5.26 Å². The Hall–Kier alpha value is -2.35. The molecule has 0 bridgehead atoms. The molecule has 2 unspecified atom stereocenters. The third kappa shape index (κ3) is 7.38. The molecule has 0 amide bonds. The number of benzene rings is 2. The summed E-state index contributed by atoms with van der Waals surface area (Å²) in [5.41, 5.74) is 0.158. The maximum atomic E-state index is 12.7. The van der Waals surface area contributed by atoms with Crippen LogP contribution in [0.5, 0.6) is 0 Å². The molecule has 0 saturated carbocycles. The molecule has 0 aliphatic rings. The number of methoxy groups -OCH3 is 1. The number of nitrogens with zero attached hydrogens (tertiary/aromatic N) is 1. The van der Waals surface area contributed by atoms with Crippen LogP contribution < -0.4 is 0 Å². The largest absolute Gasteiger partial charge is 0.356 e. The molecule has 0 saturated heterocycles. The Morgan fingerprint density at radius 1 is 1.10 bits per heavy atom. The highest BCUT2D eigenvalue weighted by Crippen LogP contribution is 2.23. The highest BCUT2D eigenvalue weighted by molar-refractivity contribution is 6.35. The summed E-state index contributed by atoms with van der Waals surface area (Å²) in [7, 11) is 1.36. The van der Waals surface area contributed by atoms with Gasteiger partial charge >= 0.3 is 0 Å². The van der Waals surface area contributed by atoms with E-state index in [9.17, 15) is 10.1 Å². The summed E-state index contributed by atoms with van der Waals surface area (Å²) in [6.45, 7) is 1.92. The van der Waals surface area contributed by atoms with Gasteiger partial charge in [-0.2, -0.15) is 5.26 Å². The molecule has 0 spiro atoms. The van der Waals surface area contributed by atoms with Crippen LogP contribution in [0.3, 0.4) is 0 Å². The SMILES string of the molecule is COC(C#N)(C/C=C\c1ccc(Cl)cc1)C(=O)C=CC(C)/C=C/c1ccc(Cl)cc1Cl. The van der Waals surface area contributed by atoms with Gasteiger partial charge in [-0.15, -0.1) is 0 Å². The Morgan fingerprint density at radius 3 is 2.39 bits per heavy atom. The first-order valence-electron chi connectivity index (χ1n) is 9.54. The minimum Gasteiger partial charge on any atom is -0.356 e. The molecule has 0 radical (unpaired) electrons. The van der Waals surface area contributed by atoms with Crippen LogP contribution in [-0.4, -0.2) is 18.5 Å². The van der Waals surface area contributed by atoms with Gasteiger partial charge in [0.2, 0.25) is 11.4 Å². The topological polar surface area (TPSA) is 50.1 Å². The maximum Gasteiger partial charge on any atom is 0.219 e. The normalized spacial score (nSPS) is 14.7. The van der Waals surface area contributed by atoms with E-state index < -0.39 is 11.4 Å². The van der Waals surface area contributed by atoms with E-state index in [0.29, 0.717) is 15.1 Å². The molecule has 0 fully saturated rings. The van der Waals surface area contributed by atoms with Crippen molar-refractivity contribution in [3.63, 3.8) is 0 Å². The van der Waals surface area contributed by atoms with Crippen LogP contribution >= 0.6 is 34.8 Å². The van der Waals surface area contributed by atoms with E-state index in [1.165, 1.54) is 13.2 Å². The molecule has 3 nitrogen and oxygen atoms in total. The predicted octanol–water partition coefficient (Wildman–Crippen LogP) is 7.43. The molecule has 0 heterocycles. The standard InChI is InChI=1S/C25H22Cl3NO2/c1-18(5-9-20-10-13-22(27)16-23(20)28)6-14-24(30)25(17-29,31-2)15-3-4-19-7-11-21(26)12-8-19/h3-14,16,18H,15H2,1-2H3/b4-3-,9-5+,14-6?. The van der Waals surface area contributed by atoms with Crippen molar-refractivity contribution < 1.29 is 9.53 Å². The van der Waals surface area contributed by atoms with E-state index in [4.69, 9.17) is 39.5 Å². The van der Waals surface area contributed by atoms with Crippen molar-refractivity contribution in [3.8, 4) is 6.07 Å². The maximum absolute atomic E-state index is 12.7. The summed E-state index contributed by atoms with van der Waals surface area (Å²) in [4.78, 5) is 12.7. The molecule has 0 aromatic heterocycles. The van der Waals surface area contributed by atoms with Crippen LogP contribution in [0.2, 0.25) is 15.1 Å². The van der Waals surface area contributed by atoms with Gasteiger partial charge in [0.15, 0.2) is 0 Å². The second-order valence-corrected chi connectivity index (χ2v) is 8.19. The highest BCUT2D eigenvalue weighted by Gasteiger charge is 2.35. The molecular formula is C25H22Cl3NO2. The third-order valence-corrected chi connectivity index (χ3v) is 5.42. The summed E-state index contributed by atoms with van der Waals surface area (Å²) in [6.07, 6.45) is 10.6. The second-order valence-electron chi connectivity index (χ2n) is 6.91. The molecule has 2 rings (SSSR count). The molecule has 2 aromatic rings. The molecule has 2 atom stereocenters. The summed E-state index contributed by atoms with van der Waals surface area (Å²) < 4.78 is 5.31. The van der Waals surface area contributed by atoms with Gasteiger partial charge in [-0.25, -0.2) is 0 Å². The Bertz CT molecular complexity index is 1040. The van der Waals surface area contributed by atoms with Crippen molar-refractivity contribution in [3.05, 3.63) is 93.0 Å². The zero-order chi connectivity index (χ0) is 22.9. The lowest BCUT2D eigenvalue weighted by molar-refractivity contribution is -0.129. The molecule has 0 aliphatic carbocycles. The van der Waals surface area contributed by atoms with Crippen LogP contribution in [0.25, 0.3) is 12.2 Å². The molecule has 160 valence electrons. The lowest BCUT2D eigenvalue weighted by Crippen LogP contribution is -2.37. The van der Waals surface area contributed by atoms with E-state index in [0.717, 1.165) is 11.1 Å². The first-order valence-corrected chi connectivity index (χ1v) is 10.7. The first-order chi connectivity index (χ1) is 14.8. The monoisotopic (exact) mass is 473 g/mol. The van der Waals surface area contributed by atoms with Crippen molar-refractivity contribution in [1.82, 2.24) is 0 Å². The zero-order valence-corrected chi connectivity index (χ0v) is 19.5. The number of halogens is 3. The van der Waals surface area contributed by atoms with Gasteiger partial charge in [-0.3, -0.25) is 4.79 Å². The lowest BCUT2D eigenvalue weighted by atomic mass is 9.93. The van der Waals surface area contributed by atoms with Crippen molar-refractivity contribution in [2.45, 2.75) is 18.9 Å². The van der Waals surface area contributed by atoms with E-state index in [1.54, 1.807) is 36.4 Å². The summed E-state index contributed by atoms with van der Waals surface area (Å²) in [5.74, 6) is -0.475. The number of ketones is 1. The first kappa shape index (κ1) is 24.9. The molecule has 6 heteroatoms. The predicted molar refractivity (Wildman–Crippen MR) is 129 cm³/mol. The number of carbonyl (C=O) groups is 1. The minimum absolute atomic E-state index is 0.0615. The number of nitriles is 1. The van der Waals surface area contributed by atoms with Crippen LogP contribution in [0.15, 0.2) is 66.8 Å². The molecule has 2 aromatic carbocycles. The summed E-state index contributed by atoms with van der Waals surface area (Å²) in [5, 5.41) is 11.4. The number of ether oxygens (including phenoxy) is 1. The third-order valence-electron chi connectivity index (χ3n) is 4.61. The van der Waals surface area contributed by atoms with Gasteiger partial charge in [0.05, 0.1) is 0 Å². The van der Waals surface area contributed by atoms with E-state index in [2.05, 4.69) is 0 Å². The Kier molecular flexibility index (Phi) is 9.55. The Morgan fingerprint density at radius 2 is 1.77 bits per heavy atom. The summed E-state index contributed by atoms with van der Waals surface area (Å²) in [6, 6.07) is 14.5. The molecular weight excluding hydrogens is 453 g/mol. The minimum atomic E-state index is -1.58. The fourth-order valence-corrected chi connectivity index (χ4v) is 3.29. The quantitative estimate of drug-likeness (QED) is 0.355.